The van der Waals surface area contributed by atoms with Crippen molar-refractivity contribution in [3.05, 3.63) is 24.3 Å². The van der Waals surface area contributed by atoms with E-state index in [1.165, 1.54) is 42.8 Å². The van der Waals surface area contributed by atoms with Crippen molar-refractivity contribution < 1.29 is 0 Å². The second kappa shape index (κ2) is 7.05. The van der Waals surface area contributed by atoms with Crippen LogP contribution in [0, 0.1) is 0 Å². The molecule has 1 aromatic rings. The Kier molecular flexibility index (Phi) is 5.39. The lowest BCUT2D eigenvalue weighted by Crippen LogP contribution is -2.37. The van der Waals surface area contributed by atoms with E-state index in [9.17, 15) is 0 Å². The van der Waals surface area contributed by atoms with Crippen molar-refractivity contribution >= 4 is 17.4 Å². The highest BCUT2D eigenvalue weighted by Crippen LogP contribution is 2.26. The number of rotatable bonds is 5. The van der Waals surface area contributed by atoms with Crippen molar-refractivity contribution in [1.29, 1.82) is 0 Å². The van der Waals surface area contributed by atoms with Gasteiger partial charge in [-0.25, -0.2) is 0 Å². The van der Waals surface area contributed by atoms with Crippen LogP contribution in [-0.2, 0) is 0 Å². The summed E-state index contributed by atoms with van der Waals surface area (Å²) in [7, 11) is 0. The third kappa shape index (κ3) is 3.92. The van der Waals surface area contributed by atoms with Gasteiger partial charge in [0.05, 0.1) is 0 Å². The molecule has 0 radical (unpaired) electrons. The van der Waals surface area contributed by atoms with Gasteiger partial charge in [0, 0.05) is 22.7 Å². The van der Waals surface area contributed by atoms with Crippen LogP contribution in [0.15, 0.2) is 29.2 Å². The van der Waals surface area contributed by atoms with Gasteiger partial charge in [0.1, 0.15) is 0 Å². The summed E-state index contributed by atoms with van der Waals surface area (Å²) in [6.07, 6.45) is 7.40. The number of hydrogen-bond donors (Lipinski definition) is 2. The Labute approximate surface area is 115 Å². The van der Waals surface area contributed by atoms with Crippen molar-refractivity contribution in [3.8, 4) is 0 Å². The van der Waals surface area contributed by atoms with Crippen molar-refractivity contribution in [2.75, 3.05) is 18.1 Å². The Balaban J connectivity index is 1.87. The van der Waals surface area contributed by atoms with Gasteiger partial charge in [0.15, 0.2) is 0 Å². The Morgan fingerprint density at radius 3 is 2.94 bits per heavy atom. The zero-order valence-corrected chi connectivity index (χ0v) is 12.2. The summed E-state index contributed by atoms with van der Waals surface area (Å²) in [6, 6.07) is 9.78. The lowest BCUT2D eigenvalue weighted by atomic mass is 9.99. The number of thioether (sulfide) groups is 1. The molecule has 0 saturated carbocycles. The maximum absolute atomic E-state index is 3.65. The van der Waals surface area contributed by atoms with Crippen LogP contribution >= 0.6 is 11.8 Å². The maximum atomic E-state index is 3.65. The molecule has 2 nitrogen and oxygen atoms in total. The molecule has 0 amide bonds. The van der Waals surface area contributed by atoms with Gasteiger partial charge in [-0.3, -0.25) is 0 Å². The van der Waals surface area contributed by atoms with E-state index in [2.05, 4.69) is 48.1 Å². The molecule has 1 aliphatic heterocycles. The first-order chi connectivity index (χ1) is 8.79. The fraction of sp³-hybridized carbons (Fsp3) is 0.600. The second-order valence-electron chi connectivity index (χ2n) is 5.13. The normalized spacial score (nSPS) is 21.6. The number of para-hydroxylation sites is 1. The quantitative estimate of drug-likeness (QED) is 0.792. The minimum atomic E-state index is 0.522. The van der Waals surface area contributed by atoms with Gasteiger partial charge in [-0.15, -0.1) is 11.8 Å². The molecular weight excluding hydrogens is 240 g/mol. The van der Waals surface area contributed by atoms with E-state index in [1.807, 2.05) is 0 Å². The summed E-state index contributed by atoms with van der Waals surface area (Å²) in [6.45, 7) is 3.48. The molecule has 0 spiro atoms. The summed E-state index contributed by atoms with van der Waals surface area (Å²) in [5.74, 6) is 0. The molecule has 1 fully saturated rings. The van der Waals surface area contributed by atoms with Gasteiger partial charge in [-0.1, -0.05) is 18.6 Å². The summed E-state index contributed by atoms with van der Waals surface area (Å²) in [5.41, 5.74) is 1.27. The molecule has 1 aromatic carbocycles. The van der Waals surface area contributed by atoms with Crippen molar-refractivity contribution in [3.63, 3.8) is 0 Å². The predicted molar refractivity (Wildman–Crippen MR) is 81.6 cm³/mol. The zero-order chi connectivity index (χ0) is 12.8. The molecule has 0 aliphatic carbocycles. The summed E-state index contributed by atoms with van der Waals surface area (Å²) < 4.78 is 0. The molecule has 100 valence electrons. The Hall–Kier alpha value is -0.670. The van der Waals surface area contributed by atoms with E-state index in [0.29, 0.717) is 12.1 Å². The van der Waals surface area contributed by atoms with Gasteiger partial charge < -0.3 is 10.6 Å². The average Bonchev–Trinajstić information content (AvgIpc) is 2.40. The van der Waals surface area contributed by atoms with Crippen LogP contribution in [0.2, 0.25) is 0 Å². The minimum Gasteiger partial charge on any atom is -0.382 e. The highest BCUT2D eigenvalue weighted by molar-refractivity contribution is 7.98. The van der Waals surface area contributed by atoms with Crippen LogP contribution in [-0.4, -0.2) is 24.9 Å². The van der Waals surface area contributed by atoms with E-state index in [-0.39, 0.29) is 0 Å². The number of nitrogens with one attached hydrogen (secondary N) is 2. The second-order valence-corrected chi connectivity index (χ2v) is 5.98. The molecule has 1 aliphatic rings. The van der Waals surface area contributed by atoms with Crippen molar-refractivity contribution in [2.45, 2.75) is 49.6 Å². The fourth-order valence-corrected chi connectivity index (χ4v) is 3.20. The largest absolute Gasteiger partial charge is 0.382 e. The number of hydrogen-bond acceptors (Lipinski definition) is 3. The molecule has 1 saturated heterocycles. The van der Waals surface area contributed by atoms with Crippen LogP contribution in [0.5, 0.6) is 0 Å². The lowest BCUT2D eigenvalue weighted by molar-refractivity contribution is 0.371. The zero-order valence-electron chi connectivity index (χ0n) is 11.4. The van der Waals surface area contributed by atoms with E-state index in [0.717, 1.165) is 0 Å². The Morgan fingerprint density at radius 1 is 1.39 bits per heavy atom. The number of anilines is 1. The van der Waals surface area contributed by atoms with Gasteiger partial charge in [-0.2, -0.15) is 0 Å². The van der Waals surface area contributed by atoms with E-state index >= 15 is 0 Å². The average molecular weight is 264 g/mol. The molecule has 18 heavy (non-hydrogen) atoms. The van der Waals surface area contributed by atoms with Crippen molar-refractivity contribution in [1.82, 2.24) is 5.32 Å². The molecule has 2 rings (SSSR count). The van der Waals surface area contributed by atoms with Crippen LogP contribution in [0.3, 0.4) is 0 Å². The predicted octanol–water partition coefficient (Wildman–Crippen LogP) is 3.74. The van der Waals surface area contributed by atoms with Crippen LogP contribution < -0.4 is 10.6 Å². The molecule has 1 heterocycles. The summed E-state index contributed by atoms with van der Waals surface area (Å²) >= 11 is 1.81. The molecule has 2 unspecified atom stereocenters. The Bertz CT molecular complexity index is 361. The lowest BCUT2D eigenvalue weighted by Gasteiger charge is -2.27. The van der Waals surface area contributed by atoms with Gasteiger partial charge in [-0.05, 0) is 51.1 Å². The third-order valence-corrected chi connectivity index (χ3v) is 4.36. The topological polar surface area (TPSA) is 24.1 Å². The SMILES string of the molecule is CSc1ccccc1NC(C)CC1CCCCN1. The van der Waals surface area contributed by atoms with Crippen LogP contribution in [0.25, 0.3) is 0 Å². The molecule has 2 atom stereocenters. The standard InChI is InChI=1S/C15H24N2S/c1-12(11-13-7-5-6-10-16-13)17-14-8-3-4-9-15(14)18-2/h3-4,8-9,12-13,16-17H,5-7,10-11H2,1-2H3. The van der Waals surface area contributed by atoms with Gasteiger partial charge >= 0.3 is 0 Å². The number of piperidine rings is 1. The first kappa shape index (κ1) is 13.8. The minimum absolute atomic E-state index is 0.522. The number of benzene rings is 1. The Morgan fingerprint density at radius 2 is 2.22 bits per heavy atom. The first-order valence-electron chi connectivity index (χ1n) is 6.92. The fourth-order valence-electron chi connectivity index (χ4n) is 2.64. The van der Waals surface area contributed by atoms with E-state index in [1.54, 1.807) is 11.8 Å². The molecular formula is C15H24N2S. The first-order valence-corrected chi connectivity index (χ1v) is 8.15. The maximum Gasteiger partial charge on any atom is 0.0480 e. The highest BCUT2D eigenvalue weighted by atomic mass is 32.2. The molecule has 3 heteroatoms. The van der Waals surface area contributed by atoms with Crippen LogP contribution in [0.1, 0.15) is 32.6 Å². The van der Waals surface area contributed by atoms with E-state index < -0.39 is 0 Å². The van der Waals surface area contributed by atoms with Crippen molar-refractivity contribution in [2.24, 2.45) is 0 Å². The van der Waals surface area contributed by atoms with Gasteiger partial charge in [0.25, 0.3) is 0 Å². The third-order valence-electron chi connectivity index (χ3n) is 3.56. The molecule has 0 aromatic heterocycles. The smallest absolute Gasteiger partial charge is 0.0480 e. The summed E-state index contributed by atoms with van der Waals surface area (Å²) in [4.78, 5) is 1.33. The summed E-state index contributed by atoms with van der Waals surface area (Å²) in [5, 5.41) is 7.27. The highest BCUT2D eigenvalue weighted by Gasteiger charge is 2.16. The molecule has 0 bridgehead atoms. The monoisotopic (exact) mass is 264 g/mol. The van der Waals surface area contributed by atoms with E-state index in [4.69, 9.17) is 0 Å². The van der Waals surface area contributed by atoms with Crippen LogP contribution in [0.4, 0.5) is 5.69 Å². The van der Waals surface area contributed by atoms with Gasteiger partial charge in [0.2, 0.25) is 0 Å². The molecule has 2 N–H and O–H groups in total.